The molecule has 1 N–H and O–H groups in total. The van der Waals surface area contributed by atoms with E-state index in [9.17, 15) is 0 Å². The Balaban J connectivity index is 2.09. The summed E-state index contributed by atoms with van der Waals surface area (Å²) >= 11 is 0. The van der Waals surface area contributed by atoms with E-state index < -0.39 is 0 Å². The van der Waals surface area contributed by atoms with Crippen molar-refractivity contribution in [1.82, 2.24) is 20.1 Å². The summed E-state index contributed by atoms with van der Waals surface area (Å²) in [4.78, 5) is 6.59. The summed E-state index contributed by atoms with van der Waals surface area (Å²) in [5.41, 5.74) is 2.44. The Labute approximate surface area is 120 Å². The van der Waals surface area contributed by atoms with Crippen molar-refractivity contribution in [2.75, 3.05) is 18.5 Å². The van der Waals surface area contributed by atoms with Crippen LogP contribution in [0.25, 0.3) is 0 Å². The number of pyridine rings is 1. The van der Waals surface area contributed by atoms with E-state index in [0.717, 1.165) is 18.9 Å². The minimum absolute atomic E-state index is 0.341. The maximum atomic E-state index is 4.46. The summed E-state index contributed by atoms with van der Waals surface area (Å²) in [6.45, 7) is 6.06. The molecule has 2 aromatic heterocycles. The predicted molar refractivity (Wildman–Crippen MR) is 81.6 cm³/mol. The van der Waals surface area contributed by atoms with Gasteiger partial charge in [-0.1, -0.05) is 6.92 Å². The van der Waals surface area contributed by atoms with E-state index in [0.29, 0.717) is 6.04 Å². The smallest absolute Gasteiger partial charge is 0.128 e. The third-order valence-electron chi connectivity index (χ3n) is 3.35. The molecule has 0 radical (unpaired) electrons. The molecule has 0 spiro atoms. The van der Waals surface area contributed by atoms with Crippen molar-refractivity contribution in [3.63, 3.8) is 0 Å². The minimum atomic E-state index is 0.341. The SMILES string of the molecule is CCNC(C)c1ccnc(N(C)Cc2cnn(C)c2)c1. The van der Waals surface area contributed by atoms with Gasteiger partial charge >= 0.3 is 0 Å². The number of hydrogen-bond donors (Lipinski definition) is 1. The van der Waals surface area contributed by atoms with E-state index in [-0.39, 0.29) is 0 Å². The van der Waals surface area contributed by atoms with Crippen LogP contribution < -0.4 is 10.2 Å². The van der Waals surface area contributed by atoms with Crippen LogP contribution in [0.2, 0.25) is 0 Å². The fourth-order valence-electron chi connectivity index (χ4n) is 2.24. The second-order valence-electron chi connectivity index (χ2n) is 5.11. The molecular weight excluding hydrogens is 250 g/mol. The van der Waals surface area contributed by atoms with Crippen molar-refractivity contribution >= 4 is 5.82 Å². The van der Waals surface area contributed by atoms with Gasteiger partial charge in [0.1, 0.15) is 5.82 Å². The quantitative estimate of drug-likeness (QED) is 0.875. The van der Waals surface area contributed by atoms with Crippen LogP contribution in [0.1, 0.15) is 31.0 Å². The highest BCUT2D eigenvalue weighted by molar-refractivity contribution is 5.41. The van der Waals surface area contributed by atoms with Crippen molar-refractivity contribution in [2.24, 2.45) is 7.05 Å². The molecule has 2 aromatic rings. The van der Waals surface area contributed by atoms with E-state index in [1.807, 2.05) is 30.3 Å². The fraction of sp³-hybridized carbons (Fsp3) is 0.467. The lowest BCUT2D eigenvalue weighted by Gasteiger charge is -2.19. The van der Waals surface area contributed by atoms with Crippen molar-refractivity contribution < 1.29 is 0 Å². The molecule has 1 atom stereocenters. The second kappa shape index (κ2) is 6.52. The fourth-order valence-corrected chi connectivity index (χ4v) is 2.24. The Kier molecular flexibility index (Phi) is 4.74. The van der Waals surface area contributed by atoms with Crippen LogP contribution >= 0.6 is 0 Å². The highest BCUT2D eigenvalue weighted by atomic mass is 15.2. The highest BCUT2D eigenvalue weighted by Gasteiger charge is 2.09. The molecule has 2 heterocycles. The van der Waals surface area contributed by atoms with Crippen LogP contribution in [-0.2, 0) is 13.6 Å². The molecule has 0 saturated carbocycles. The minimum Gasteiger partial charge on any atom is -0.355 e. The number of nitrogens with one attached hydrogen (secondary N) is 1. The summed E-state index contributed by atoms with van der Waals surface area (Å²) in [6, 6.07) is 4.55. The van der Waals surface area contributed by atoms with Gasteiger partial charge in [0, 0.05) is 44.6 Å². The summed E-state index contributed by atoms with van der Waals surface area (Å²) in [5.74, 6) is 0.983. The van der Waals surface area contributed by atoms with E-state index in [2.05, 4.69) is 53.3 Å². The number of hydrogen-bond acceptors (Lipinski definition) is 4. The first-order valence-corrected chi connectivity index (χ1v) is 6.98. The predicted octanol–water partition coefficient (Wildman–Crippen LogP) is 2.12. The lowest BCUT2D eigenvalue weighted by Crippen LogP contribution is -2.20. The Hall–Kier alpha value is -1.88. The third-order valence-corrected chi connectivity index (χ3v) is 3.35. The molecule has 108 valence electrons. The molecule has 5 heteroatoms. The van der Waals surface area contributed by atoms with Crippen molar-refractivity contribution in [3.8, 4) is 0 Å². The first kappa shape index (κ1) is 14.5. The molecule has 0 fully saturated rings. The van der Waals surface area contributed by atoms with Gasteiger partial charge in [0.25, 0.3) is 0 Å². The van der Waals surface area contributed by atoms with Gasteiger partial charge in [0.15, 0.2) is 0 Å². The van der Waals surface area contributed by atoms with Crippen molar-refractivity contribution in [2.45, 2.75) is 26.4 Å². The number of aryl methyl sites for hydroxylation is 1. The Morgan fingerprint density at radius 1 is 1.45 bits per heavy atom. The molecule has 5 nitrogen and oxygen atoms in total. The standard InChI is InChI=1S/C15H23N5/c1-5-16-12(2)14-6-7-17-15(8-14)19(3)10-13-9-18-20(4)11-13/h6-9,11-12,16H,5,10H2,1-4H3. The molecule has 0 bridgehead atoms. The van der Waals surface area contributed by atoms with Gasteiger partial charge in [-0.05, 0) is 31.2 Å². The largest absolute Gasteiger partial charge is 0.355 e. The first-order chi connectivity index (χ1) is 9.60. The van der Waals surface area contributed by atoms with Crippen LogP contribution in [-0.4, -0.2) is 28.4 Å². The number of nitrogens with zero attached hydrogens (tertiary/aromatic N) is 4. The number of aromatic nitrogens is 3. The molecular formula is C15H23N5. The first-order valence-electron chi connectivity index (χ1n) is 6.98. The maximum Gasteiger partial charge on any atom is 0.128 e. The molecule has 0 aromatic carbocycles. The van der Waals surface area contributed by atoms with Crippen molar-refractivity contribution in [1.29, 1.82) is 0 Å². The van der Waals surface area contributed by atoms with Crippen LogP contribution in [0.4, 0.5) is 5.82 Å². The van der Waals surface area contributed by atoms with E-state index in [4.69, 9.17) is 0 Å². The molecule has 0 aliphatic rings. The Morgan fingerprint density at radius 2 is 2.25 bits per heavy atom. The summed E-state index contributed by atoms with van der Waals surface area (Å²) in [6.07, 6.45) is 5.79. The third kappa shape index (κ3) is 3.57. The molecule has 1 unspecified atom stereocenters. The summed E-state index contributed by atoms with van der Waals surface area (Å²) in [5, 5.41) is 7.61. The Bertz CT molecular complexity index is 549. The second-order valence-corrected chi connectivity index (χ2v) is 5.11. The monoisotopic (exact) mass is 273 g/mol. The summed E-state index contributed by atoms with van der Waals surface area (Å²) < 4.78 is 1.82. The highest BCUT2D eigenvalue weighted by Crippen LogP contribution is 2.18. The van der Waals surface area contributed by atoms with Crippen LogP contribution in [0.5, 0.6) is 0 Å². The molecule has 0 aliphatic heterocycles. The maximum absolute atomic E-state index is 4.46. The molecule has 0 aliphatic carbocycles. The average molecular weight is 273 g/mol. The molecule has 0 saturated heterocycles. The van der Waals surface area contributed by atoms with Gasteiger partial charge in [-0.15, -0.1) is 0 Å². The zero-order chi connectivity index (χ0) is 14.5. The zero-order valence-corrected chi connectivity index (χ0v) is 12.7. The molecule has 0 amide bonds. The normalized spacial score (nSPS) is 12.4. The molecule has 2 rings (SSSR count). The Morgan fingerprint density at radius 3 is 2.90 bits per heavy atom. The van der Waals surface area contributed by atoms with E-state index >= 15 is 0 Å². The van der Waals surface area contributed by atoms with E-state index in [1.54, 1.807) is 0 Å². The van der Waals surface area contributed by atoms with Crippen molar-refractivity contribution in [3.05, 3.63) is 41.9 Å². The van der Waals surface area contributed by atoms with Crippen LogP contribution in [0, 0.1) is 0 Å². The lowest BCUT2D eigenvalue weighted by molar-refractivity contribution is 0.597. The van der Waals surface area contributed by atoms with Gasteiger partial charge < -0.3 is 10.2 Å². The lowest BCUT2D eigenvalue weighted by atomic mass is 10.1. The van der Waals surface area contributed by atoms with E-state index in [1.165, 1.54) is 11.1 Å². The molecule has 20 heavy (non-hydrogen) atoms. The van der Waals surface area contributed by atoms with Gasteiger partial charge in [-0.2, -0.15) is 5.10 Å². The number of anilines is 1. The number of rotatable bonds is 6. The van der Waals surface area contributed by atoms with Crippen LogP contribution in [0.15, 0.2) is 30.7 Å². The van der Waals surface area contributed by atoms with Gasteiger partial charge in [-0.3, -0.25) is 4.68 Å². The zero-order valence-electron chi connectivity index (χ0n) is 12.7. The van der Waals surface area contributed by atoms with Crippen LogP contribution in [0.3, 0.4) is 0 Å². The topological polar surface area (TPSA) is 46.0 Å². The van der Waals surface area contributed by atoms with Gasteiger partial charge in [0.2, 0.25) is 0 Å². The van der Waals surface area contributed by atoms with Gasteiger partial charge in [0.05, 0.1) is 6.20 Å². The van der Waals surface area contributed by atoms with Gasteiger partial charge in [-0.25, -0.2) is 4.98 Å². The summed E-state index contributed by atoms with van der Waals surface area (Å²) in [7, 11) is 3.98. The average Bonchev–Trinajstić information content (AvgIpc) is 2.84.